The van der Waals surface area contributed by atoms with Crippen LogP contribution < -0.4 is 9.47 Å². The number of esters is 1. The van der Waals surface area contributed by atoms with E-state index in [0.29, 0.717) is 53.3 Å². The molecule has 1 atom stereocenters. The van der Waals surface area contributed by atoms with Crippen LogP contribution in [0, 0.1) is 5.92 Å². The molecule has 1 fully saturated rings. The van der Waals surface area contributed by atoms with E-state index in [2.05, 4.69) is 4.99 Å². The Bertz CT molecular complexity index is 894. The van der Waals surface area contributed by atoms with Crippen molar-refractivity contribution in [1.82, 2.24) is 4.90 Å². The fourth-order valence-electron chi connectivity index (χ4n) is 3.42. The fourth-order valence-corrected chi connectivity index (χ4v) is 4.43. The number of aliphatic imine (C=N–C) groups is 1. The number of fused-ring (bicyclic) bond motifs is 1. The molecule has 2 aliphatic heterocycles. The highest BCUT2D eigenvalue weighted by atomic mass is 32.2. The second-order valence-corrected chi connectivity index (χ2v) is 8.56. The summed E-state index contributed by atoms with van der Waals surface area (Å²) in [5.41, 5.74) is 1.69. The normalized spacial score (nSPS) is 18.9. The maximum atomic E-state index is 13.1. The minimum atomic E-state index is -0.623. The number of amidine groups is 1. The molecular weight excluding hydrogens is 404 g/mol. The van der Waals surface area contributed by atoms with Crippen LogP contribution in [0.5, 0.6) is 11.5 Å². The number of nitrogens with zero attached hydrogens (tertiary/aromatic N) is 2. The third-order valence-electron chi connectivity index (χ3n) is 4.78. The first-order valence-corrected chi connectivity index (χ1v) is 11.1. The standard InChI is InChI=1S/C22H28N2O5S/c1-6-28-16-8-7-15(11-17(16)27-5)20-19(21(26)29-12-13(2)3)14(4)23-22-24(20)18(25)9-10-30-22/h7-8,11,13,20H,6,9-10,12H2,1-5H3/t20-/m0/s1. The molecule has 2 heterocycles. The number of thioether (sulfide) groups is 1. The van der Waals surface area contributed by atoms with E-state index in [1.807, 2.05) is 32.9 Å². The number of hydrogen-bond donors (Lipinski definition) is 0. The third kappa shape index (κ3) is 4.48. The van der Waals surface area contributed by atoms with Gasteiger partial charge in [-0.15, -0.1) is 0 Å². The van der Waals surface area contributed by atoms with E-state index in [-0.39, 0.29) is 11.8 Å². The number of hydrogen-bond acceptors (Lipinski definition) is 7. The van der Waals surface area contributed by atoms with Crippen molar-refractivity contribution in [2.24, 2.45) is 10.9 Å². The Kier molecular flexibility index (Phi) is 7.07. The maximum Gasteiger partial charge on any atom is 0.338 e. The molecule has 0 spiro atoms. The molecule has 7 nitrogen and oxygen atoms in total. The van der Waals surface area contributed by atoms with Gasteiger partial charge < -0.3 is 14.2 Å². The van der Waals surface area contributed by atoms with E-state index in [9.17, 15) is 9.59 Å². The molecule has 0 N–H and O–H groups in total. The van der Waals surface area contributed by atoms with Crippen molar-refractivity contribution < 1.29 is 23.8 Å². The topological polar surface area (TPSA) is 77.4 Å². The van der Waals surface area contributed by atoms with Gasteiger partial charge in [-0.3, -0.25) is 9.69 Å². The van der Waals surface area contributed by atoms with Crippen LogP contribution in [0.15, 0.2) is 34.5 Å². The number of methoxy groups -OCH3 is 1. The molecular formula is C22H28N2O5S. The molecule has 1 saturated heterocycles. The number of allylic oxidation sites excluding steroid dienone is 1. The molecule has 0 saturated carbocycles. The molecule has 0 unspecified atom stereocenters. The van der Waals surface area contributed by atoms with Gasteiger partial charge in [-0.1, -0.05) is 31.7 Å². The molecule has 0 bridgehead atoms. The maximum absolute atomic E-state index is 13.1. The summed E-state index contributed by atoms with van der Waals surface area (Å²) in [6.45, 7) is 8.44. The summed E-state index contributed by atoms with van der Waals surface area (Å²) in [6, 6.07) is 4.85. The minimum absolute atomic E-state index is 0.0630. The second-order valence-electron chi connectivity index (χ2n) is 7.49. The van der Waals surface area contributed by atoms with Gasteiger partial charge in [0.1, 0.15) is 0 Å². The van der Waals surface area contributed by atoms with Gasteiger partial charge in [0.05, 0.1) is 37.6 Å². The lowest BCUT2D eigenvalue weighted by atomic mass is 9.93. The number of benzene rings is 1. The number of amides is 1. The molecule has 0 aromatic heterocycles. The Morgan fingerprint density at radius 3 is 2.77 bits per heavy atom. The first-order valence-electron chi connectivity index (χ1n) is 10.1. The van der Waals surface area contributed by atoms with Gasteiger partial charge in [0, 0.05) is 12.2 Å². The Labute approximate surface area is 181 Å². The van der Waals surface area contributed by atoms with E-state index in [0.717, 1.165) is 5.56 Å². The van der Waals surface area contributed by atoms with E-state index >= 15 is 0 Å². The summed E-state index contributed by atoms with van der Waals surface area (Å²) in [6.07, 6.45) is 0.391. The van der Waals surface area contributed by atoms with Crippen molar-refractivity contribution in [1.29, 1.82) is 0 Å². The highest BCUT2D eigenvalue weighted by Crippen LogP contribution is 2.42. The Morgan fingerprint density at radius 2 is 2.10 bits per heavy atom. The van der Waals surface area contributed by atoms with Crippen molar-refractivity contribution >= 4 is 28.8 Å². The summed E-state index contributed by atoms with van der Waals surface area (Å²) < 4.78 is 16.7. The average Bonchev–Trinajstić information content (AvgIpc) is 2.71. The van der Waals surface area contributed by atoms with Crippen molar-refractivity contribution in [2.45, 2.75) is 40.2 Å². The van der Waals surface area contributed by atoms with Gasteiger partial charge in [0.25, 0.3) is 0 Å². The van der Waals surface area contributed by atoms with Gasteiger partial charge >= 0.3 is 5.97 Å². The molecule has 30 heavy (non-hydrogen) atoms. The summed E-state index contributed by atoms with van der Waals surface area (Å²) >= 11 is 1.52. The summed E-state index contributed by atoms with van der Waals surface area (Å²) in [7, 11) is 1.57. The quantitative estimate of drug-likeness (QED) is 0.608. The van der Waals surface area contributed by atoms with Crippen LogP contribution in [0.1, 0.15) is 45.7 Å². The van der Waals surface area contributed by atoms with Crippen molar-refractivity contribution in [3.05, 3.63) is 35.0 Å². The van der Waals surface area contributed by atoms with Crippen LogP contribution in [0.4, 0.5) is 0 Å². The highest BCUT2D eigenvalue weighted by molar-refractivity contribution is 8.14. The van der Waals surface area contributed by atoms with Gasteiger partial charge in [-0.05, 0) is 37.5 Å². The van der Waals surface area contributed by atoms with Gasteiger partial charge in [-0.2, -0.15) is 0 Å². The predicted octanol–water partition coefficient (Wildman–Crippen LogP) is 3.94. The lowest BCUT2D eigenvalue weighted by Gasteiger charge is -2.39. The van der Waals surface area contributed by atoms with Crippen LogP contribution in [-0.4, -0.2) is 48.0 Å². The third-order valence-corrected chi connectivity index (χ3v) is 5.73. The Balaban J connectivity index is 2.10. The van der Waals surface area contributed by atoms with Crippen molar-refractivity contribution in [3.8, 4) is 11.5 Å². The average molecular weight is 433 g/mol. The molecule has 1 amide bonds. The molecule has 1 aromatic carbocycles. The van der Waals surface area contributed by atoms with Crippen molar-refractivity contribution in [3.63, 3.8) is 0 Å². The first kappa shape index (κ1) is 22.2. The largest absolute Gasteiger partial charge is 0.493 e. The molecule has 0 radical (unpaired) electrons. The zero-order chi connectivity index (χ0) is 21.8. The van der Waals surface area contributed by atoms with E-state index in [1.165, 1.54) is 11.8 Å². The van der Waals surface area contributed by atoms with E-state index in [4.69, 9.17) is 14.2 Å². The Hall–Kier alpha value is -2.48. The van der Waals surface area contributed by atoms with E-state index in [1.54, 1.807) is 25.0 Å². The van der Waals surface area contributed by atoms with Gasteiger partial charge in [-0.25, -0.2) is 9.79 Å². The molecule has 1 aromatic rings. The first-order chi connectivity index (χ1) is 14.4. The monoisotopic (exact) mass is 432 g/mol. The molecule has 3 rings (SSSR count). The van der Waals surface area contributed by atoms with Crippen LogP contribution in [0.25, 0.3) is 0 Å². The summed E-state index contributed by atoms with van der Waals surface area (Å²) in [5.74, 6) is 1.51. The van der Waals surface area contributed by atoms with Gasteiger partial charge in [0.15, 0.2) is 16.7 Å². The Morgan fingerprint density at radius 1 is 1.33 bits per heavy atom. The highest BCUT2D eigenvalue weighted by Gasteiger charge is 2.42. The van der Waals surface area contributed by atoms with Gasteiger partial charge in [0.2, 0.25) is 5.91 Å². The molecule has 0 aliphatic carbocycles. The van der Waals surface area contributed by atoms with Crippen LogP contribution in [0.3, 0.4) is 0 Å². The van der Waals surface area contributed by atoms with Crippen LogP contribution >= 0.6 is 11.8 Å². The van der Waals surface area contributed by atoms with Crippen molar-refractivity contribution in [2.75, 3.05) is 26.1 Å². The van der Waals surface area contributed by atoms with E-state index < -0.39 is 12.0 Å². The smallest absolute Gasteiger partial charge is 0.338 e. The predicted molar refractivity (Wildman–Crippen MR) is 117 cm³/mol. The molecule has 162 valence electrons. The SMILES string of the molecule is CCOc1ccc([C@H]2C(C(=O)OCC(C)C)=C(C)N=C3SCCC(=O)N32)cc1OC. The zero-order valence-corrected chi connectivity index (χ0v) is 18.9. The number of carbonyl (C=O) groups is 2. The number of carbonyl (C=O) groups excluding carboxylic acids is 2. The summed E-state index contributed by atoms with van der Waals surface area (Å²) in [4.78, 5) is 32.1. The van der Waals surface area contributed by atoms with Crippen LogP contribution in [0.2, 0.25) is 0 Å². The molecule has 2 aliphatic rings. The lowest BCUT2D eigenvalue weighted by molar-refractivity contribution is -0.141. The molecule has 8 heteroatoms. The minimum Gasteiger partial charge on any atom is -0.493 e. The fraction of sp³-hybridized carbons (Fsp3) is 0.500. The number of ether oxygens (including phenoxy) is 3. The zero-order valence-electron chi connectivity index (χ0n) is 18.1. The lowest BCUT2D eigenvalue weighted by Crippen LogP contribution is -2.45. The number of rotatable bonds is 7. The summed E-state index contributed by atoms with van der Waals surface area (Å²) in [5, 5.41) is 0.613. The van der Waals surface area contributed by atoms with Crippen LogP contribution in [-0.2, 0) is 14.3 Å². The second kappa shape index (κ2) is 9.55.